The summed E-state index contributed by atoms with van der Waals surface area (Å²) in [6.45, 7) is 1.65. The number of likely N-dealkylation sites (tertiary alicyclic amines) is 1. The Bertz CT molecular complexity index is 1230. The van der Waals surface area contributed by atoms with E-state index in [0.717, 1.165) is 16.7 Å². The van der Waals surface area contributed by atoms with Crippen LogP contribution in [-0.4, -0.2) is 50.8 Å². The van der Waals surface area contributed by atoms with Crippen molar-refractivity contribution in [3.05, 3.63) is 58.6 Å². The molecular formula is C26H30ClNO6S. The number of sulfone groups is 1. The molecule has 188 valence electrons. The Morgan fingerprint density at radius 1 is 1.20 bits per heavy atom. The van der Waals surface area contributed by atoms with Gasteiger partial charge in [-0.2, -0.15) is 0 Å². The van der Waals surface area contributed by atoms with Gasteiger partial charge in [0.2, 0.25) is 11.8 Å². The van der Waals surface area contributed by atoms with Gasteiger partial charge in [-0.15, -0.1) is 0 Å². The molecule has 1 saturated heterocycles. The summed E-state index contributed by atoms with van der Waals surface area (Å²) in [5.74, 6) is -1.26. The fourth-order valence-electron chi connectivity index (χ4n) is 4.40. The Kier molecular flexibility index (Phi) is 8.72. The van der Waals surface area contributed by atoms with Crippen LogP contribution in [-0.2, 0) is 30.6 Å². The largest absolute Gasteiger partial charge is 0.496 e. The molecule has 1 heterocycles. The lowest BCUT2D eigenvalue weighted by Crippen LogP contribution is -2.42. The molecule has 1 aliphatic rings. The number of hydrogen-bond donors (Lipinski definition) is 0. The van der Waals surface area contributed by atoms with Gasteiger partial charge in [0.15, 0.2) is 15.6 Å². The van der Waals surface area contributed by atoms with Crippen molar-refractivity contribution in [3.63, 3.8) is 0 Å². The average molecular weight is 520 g/mol. The van der Waals surface area contributed by atoms with Gasteiger partial charge >= 0.3 is 0 Å². The molecule has 0 spiro atoms. The highest BCUT2D eigenvalue weighted by atomic mass is 35.5. The monoisotopic (exact) mass is 519 g/mol. The molecule has 3 rings (SSSR count). The van der Waals surface area contributed by atoms with Gasteiger partial charge in [0.25, 0.3) is 0 Å². The van der Waals surface area contributed by atoms with Crippen molar-refractivity contribution in [1.82, 2.24) is 4.90 Å². The van der Waals surface area contributed by atoms with Crippen molar-refractivity contribution >= 4 is 39.0 Å². The Morgan fingerprint density at radius 3 is 2.60 bits per heavy atom. The van der Waals surface area contributed by atoms with E-state index in [1.807, 2.05) is 6.92 Å². The molecule has 1 fully saturated rings. The number of hydrogen-bond acceptors (Lipinski definition) is 6. The quantitative estimate of drug-likeness (QED) is 0.518. The van der Waals surface area contributed by atoms with E-state index in [2.05, 4.69) is 0 Å². The minimum Gasteiger partial charge on any atom is -0.496 e. The van der Waals surface area contributed by atoms with Crippen LogP contribution >= 0.6 is 11.6 Å². The second kappa shape index (κ2) is 11.4. The summed E-state index contributed by atoms with van der Waals surface area (Å²) in [7, 11) is -1.86. The fourth-order valence-corrected chi connectivity index (χ4v) is 5.27. The number of amides is 2. The molecule has 2 amide bonds. The number of ketones is 1. The molecule has 35 heavy (non-hydrogen) atoms. The zero-order valence-corrected chi connectivity index (χ0v) is 21.7. The third-order valence-electron chi connectivity index (χ3n) is 6.40. The predicted molar refractivity (Wildman–Crippen MR) is 133 cm³/mol. The number of halogens is 1. The molecule has 7 nitrogen and oxygen atoms in total. The molecule has 9 heteroatoms. The van der Waals surface area contributed by atoms with Crippen molar-refractivity contribution in [3.8, 4) is 5.75 Å². The number of carbonyl (C=O) groups is 3. The van der Waals surface area contributed by atoms with Crippen molar-refractivity contribution in [2.24, 2.45) is 5.92 Å². The highest BCUT2D eigenvalue weighted by Gasteiger charge is 2.35. The standard InChI is InChI=1S/C26H30ClNO6S/c1-4-17(18-6-5-7-23(14-18)35(3,32)33)15-25(30)28-16-22(29)10-8-19(26(28)31)12-20-13-21(27)9-11-24(20)34-2/h5-7,9,11,13-14,17,19H,4,8,10,12,15-16H2,1-3H3. The van der Waals surface area contributed by atoms with Gasteiger partial charge in [-0.3, -0.25) is 19.3 Å². The number of rotatable bonds is 8. The van der Waals surface area contributed by atoms with Crippen LogP contribution in [0.25, 0.3) is 0 Å². The van der Waals surface area contributed by atoms with Crippen LogP contribution < -0.4 is 4.74 Å². The van der Waals surface area contributed by atoms with Crippen molar-refractivity contribution in [2.75, 3.05) is 19.9 Å². The van der Waals surface area contributed by atoms with Crippen LogP contribution in [0.4, 0.5) is 0 Å². The first-order chi connectivity index (χ1) is 16.5. The molecule has 0 bridgehead atoms. The SMILES string of the molecule is CCC(CC(=O)N1CC(=O)CCC(Cc2cc(Cl)ccc2OC)C1=O)c1cccc(S(C)(=O)=O)c1. The molecule has 2 unspecified atom stereocenters. The molecule has 0 radical (unpaired) electrons. The topological polar surface area (TPSA) is 97.8 Å². The van der Waals surface area contributed by atoms with E-state index >= 15 is 0 Å². The Balaban J connectivity index is 1.83. The molecular weight excluding hydrogens is 490 g/mol. The number of Topliss-reactive ketones (excluding diaryl/α,β-unsaturated/α-hetero) is 1. The highest BCUT2D eigenvalue weighted by Crippen LogP contribution is 2.30. The van der Waals surface area contributed by atoms with Gasteiger partial charge in [-0.05, 0) is 66.6 Å². The van der Waals surface area contributed by atoms with Gasteiger partial charge in [0.1, 0.15) is 5.75 Å². The van der Waals surface area contributed by atoms with E-state index in [0.29, 0.717) is 35.6 Å². The smallest absolute Gasteiger partial charge is 0.233 e. The fraction of sp³-hybridized carbons (Fsp3) is 0.423. The third kappa shape index (κ3) is 6.70. The summed E-state index contributed by atoms with van der Waals surface area (Å²) in [6.07, 6.45) is 2.54. The normalized spacial score (nSPS) is 17.7. The number of carbonyl (C=O) groups excluding carboxylic acids is 3. The van der Waals surface area contributed by atoms with Gasteiger partial charge < -0.3 is 4.74 Å². The lowest BCUT2D eigenvalue weighted by atomic mass is 9.91. The Morgan fingerprint density at radius 2 is 1.94 bits per heavy atom. The Labute approximate surface area is 211 Å². The molecule has 0 saturated carbocycles. The maximum Gasteiger partial charge on any atom is 0.233 e. The highest BCUT2D eigenvalue weighted by molar-refractivity contribution is 7.90. The Hall–Kier alpha value is -2.71. The number of benzene rings is 2. The van der Waals surface area contributed by atoms with E-state index in [4.69, 9.17) is 16.3 Å². The minimum absolute atomic E-state index is 0.00403. The number of imide groups is 1. The number of nitrogens with zero attached hydrogens (tertiary/aromatic N) is 1. The zero-order valence-electron chi connectivity index (χ0n) is 20.1. The maximum absolute atomic E-state index is 13.4. The van der Waals surface area contributed by atoms with Crippen molar-refractivity contribution in [2.45, 2.75) is 49.8 Å². The van der Waals surface area contributed by atoms with Crippen molar-refractivity contribution < 1.29 is 27.5 Å². The lowest BCUT2D eigenvalue weighted by molar-refractivity contribution is -0.148. The summed E-state index contributed by atoms with van der Waals surface area (Å²) in [5, 5.41) is 0.507. The first kappa shape index (κ1) is 26.9. The summed E-state index contributed by atoms with van der Waals surface area (Å²) in [6, 6.07) is 11.7. The van der Waals surface area contributed by atoms with Crippen LogP contribution in [0.15, 0.2) is 47.4 Å². The number of ether oxygens (including phenoxy) is 1. The van der Waals surface area contributed by atoms with E-state index in [-0.39, 0.29) is 41.9 Å². The van der Waals surface area contributed by atoms with E-state index in [9.17, 15) is 22.8 Å². The maximum atomic E-state index is 13.4. The summed E-state index contributed by atoms with van der Waals surface area (Å²) in [5.41, 5.74) is 1.45. The summed E-state index contributed by atoms with van der Waals surface area (Å²) >= 11 is 6.14. The van der Waals surface area contributed by atoms with Gasteiger partial charge in [-0.1, -0.05) is 30.7 Å². The van der Waals surface area contributed by atoms with Crippen LogP contribution in [0, 0.1) is 5.92 Å². The molecule has 0 N–H and O–H groups in total. The van der Waals surface area contributed by atoms with Crippen molar-refractivity contribution in [1.29, 1.82) is 0 Å². The van der Waals surface area contributed by atoms with E-state index in [1.165, 1.54) is 13.2 Å². The second-order valence-corrected chi connectivity index (χ2v) is 11.4. The zero-order chi connectivity index (χ0) is 25.8. The number of methoxy groups -OCH3 is 1. The molecule has 0 aliphatic carbocycles. The van der Waals surface area contributed by atoms with E-state index < -0.39 is 21.7 Å². The van der Waals surface area contributed by atoms with Crippen LogP contribution in [0.1, 0.15) is 49.7 Å². The molecule has 0 aromatic heterocycles. The van der Waals surface area contributed by atoms with Crippen LogP contribution in [0.5, 0.6) is 5.75 Å². The molecule has 2 aromatic carbocycles. The lowest BCUT2D eigenvalue weighted by Gasteiger charge is -2.25. The first-order valence-corrected chi connectivity index (χ1v) is 13.8. The van der Waals surface area contributed by atoms with Gasteiger partial charge in [0, 0.05) is 30.0 Å². The predicted octanol–water partition coefficient (Wildman–Crippen LogP) is 4.21. The molecule has 2 aromatic rings. The minimum atomic E-state index is -3.40. The summed E-state index contributed by atoms with van der Waals surface area (Å²) in [4.78, 5) is 40.4. The molecule has 1 aliphatic heterocycles. The average Bonchev–Trinajstić information content (AvgIpc) is 2.95. The van der Waals surface area contributed by atoms with Crippen LogP contribution in [0.2, 0.25) is 5.02 Å². The second-order valence-electron chi connectivity index (χ2n) is 8.91. The van der Waals surface area contributed by atoms with Gasteiger partial charge in [-0.25, -0.2) is 8.42 Å². The third-order valence-corrected chi connectivity index (χ3v) is 7.75. The van der Waals surface area contributed by atoms with E-state index in [1.54, 1.807) is 36.4 Å². The summed E-state index contributed by atoms with van der Waals surface area (Å²) < 4.78 is 29.3. The molecule has 2 atom stereocenters. The van der Waals surface area contributed by atoms with Crippen LogP contribution in [0.3, 0.4) is 0 Å². The first-order valence-electron chi connectivity index (χ1n) is 11.5. The van der Waals surface area contributed by atoms with Gasteiger partial charge in [0.05, 0.1) is 18.6 Å².